The van der Waals surface area contributed by atoms with Gasteiger partial charge in [-0.1, -0.05) is 0 Å². The number of hydrogen-bond acceptors (Lipinski definition) is 3. The Bertz CT molecular complexity index is 430. The lowest BCUT2D eigenvalue weighted by Crippen LogP contribution is -1.95. The average Bonchev–Trinajstić information content (AvgIpc) is 2.28. The predicted octanol–water partition coefficient (Wildman–Crippen LogP) is 0.738. The van der Waals surface area contributed by atoms with Crippen LogP contribution in [0.25, 0.3) is 11.0 Å². The van der Waals surface area contributed by atoms with Crippen molar-refractivity contribution in [2.75, 3.05) is 11.5 Å². The van der Waals surface area contributed by atoms with Crippen molar-refractivity contribution in [2.24, 2.45) is 7.05 Å². The summed E-state index contributed by atoms with van der Waals surface area (Å²) in [4.78, 5) is 4.13. The number of nitrogens with two attached hydrogens (primary N) is 2. The van der Waals surface area contributed by atoms with Crippen molar-refractivity contribution in [3.63, 3.8) is 0 Å². The second kappa shape index (κ2) is 2.14. The van der Waals surface area contributed by atoms with Gasteiger partial charge in [0.05, 0.1) is 11.0 Å². The van der Waals surface area contributed by atoms with Crippen LogP contribution in [-0.4, -0.2) is 9.55 Å². The van der Waals surface area contributed by atoms with E-state index in [0.717, 1.165) is 11.0 Å². The lowest BCUT2D eigenvalue weighted by atomic mass is 10.4. The molecule has 4 N–H and O–H groups in total. The zero-order valence-corrected chi connectivity index (χ0v) is 6.78. The van der Waals surface area contributed by atoms with Gasteiger partial charge in [0.2, 0.25) is 0 Å². The normalized spacial score (nSPS) is 10.8. The molecular formula is C8H10N4. The van der Waals surface area contributed by atoms with Gasteiger partial charge in [0, 0.05) is 13.1 Å². The van der Waals surface area contributed by atoms with Crippen LogP contribution in [-0.2, 0) is 7.05 Å². The molecule has 4 heteroatoms. The van der Waals surface area contributed by atoms with Gasteiger partial charge in [0.25, 0.3) is 0 Å². The smallest absolute Gasteiger partial charge is 0.124 e. The Kier molecular flexibility index (Phi) is 1.24. The van der Waals surface area contributed by atoms with Crippen LogP contribution in [0, 0.1) is 0 Å². The molecule has 4 nitrogen and oxygen atoms in total. The summed E-state index contributed by atoms with van der Waals surface area (Å²) in [5.41, 5.74) is 13.1. The van der Waals surface area contributed by atoms with Crippen molar-refractivity contribution < 1.29 is 0 Å². The standard InChI is InChI=1S/C8H10N4/c1-12-6-2-3-7(9)11-5(6)4-8(12)10/h2-4H,10H2,1H3,(H2,9,11). The average molecular weight is 162 g/mol. The van der Waals surface area contributed by atoms with Gasteiger partial charge < -0.3 is 16.0 Å². The first-order valence-corrected chi connectivity index (χ1v) is 3.66. The van der Waals surface area contributed by atoms with E-state index in [4.69, 9.17) is 11.5 Å². The topological polar surface area (TPSA) is 69.9 Å². The van der Waals surface area contributed by atoms with Gasteiger partial charge in [-0.3, -0.25) is 0 Å². The van der Waals surface area contributed by atoms with Gasteiger partial charge in [0.1, 0.15) is 11.6 Å². The fourth-order valence-corrected chi connectivity index (χ4v) is 1.25. The maximum absolute atomic E-state index is 5.68. The molecule has 12 heavy (non-hydrogen) atoms. The first-order chi connectivity index (χ1) is 5.68. The molecule has 0 radical (unpaired) electrons. The lowest BCUT2D eigenvalue weighted by Gasteiger charge is -1.97. The summed E-state index contributed by atoms with van der Waals surface area (Å²) in [7, 11) is 1.90. The maximum atomic E-state index is 5.68. The van der Waals surface area contributed by atoms with E-state index in [-0.39, 0.29) is 0 Å². The molecule has 62 valence electrons. The van der Waals surface area contributed by atoms with Crippen LogP contribution in [0.1, 0.15) is 0 Å². The Labute approximate surface area is 69.8 Å². The number of nitrogen functional groups attached to an aromatic ring is 2. The number of rotatable bonds is 0. The first kappa shape index (κ1) is 6.97. The van der Waals surface area contributed by atoms with Gasteiger partial charge in [0.15, 0.2) is 0 Å². The summed E-state index contributed by atoms with van der Waals surface area (Å²) >= 11 is 0. The molecule has 0 aliphatic heterocycles. The van der Waals surface area contributed by atoms with E-state index >= 15 is 0 Å². The number of pyridine rings is 1. The second-order valence-electron chi connectivity index (χ2n) is 2.77. The monoisotopic (exact) mass is 162 g/mol. The minimum absolute atomic E-state index is 0.521. The van der Waals surface area contributed by atoms with Crippen LogP contribution in [0.5, 0.6) is 0 Å². The molecule has 0 fully saturated rings. The highest BCUT2D eigenvalue weighted by Crippen LogP contribution is 2.18. The highest BCUT2D eigenvalue weighted by atomic mass is 15.0. The minimum atomic E-state index is 0.521. The molecule has 2 heterocycles. The van der Waals surface area contributed by atoms with Crippen molar-refractivity contribution in [2.45, 2.75) is 0 Å². The number of anilines is 2. The van der Waals surface area contributed by atoms with Crippen molar-refractivity contribution in [3.05, 3.63) is 18.2 Å². The number of fused-ring (bicyclic) bond motifs is 1. The van der Waals surface area contributed by atoms with Crippen LogP contribution in [0.2, 0.25) is 0 Å². The molecule has 2 aromatic rings. The molecule has 0 atom stereocenters. The van der Waals surface area contributed by atoms with E-state index < -0.39 is 0 Å². The summed E-state index contributed by atoms with van der Waals surface area (Å²) < 4.78 is 1.88. The SMILES string of the molecule is Cn1c(N)cc2nc(N)ccc21. The largest absolute Gasteiger partial charge is 0.385 e. The van der Waals surface area contributed by atoms with Gasteiger partial charge in [-0.05, 0) is 12.1 Å². The number of aromatic nitrogens is 2. The summed E-state index contributed by atoms with van der Waals surface area (Å²) in [5.74, 6) is 1.22. The van der Waals surface area contributed by atoms with Crippen LogP contribution < -0.4 is 11.5 Å². The van der Waals surface area contributed by atoms with E-state index in [1.54, 1.807) is 6.07 Å². The third-order valence-corrected chi connectivity index (χ3v) is 1.96. The summed E-state index contributed by atoms with van der Waals surface area (Å²) in [6.07, 6.45) is 0. The lowest BCUT2D eigenvalue weighted by molar-refractivity contribution is 0.982. The van der Waals surface area contributed by atoms with Crippen molar-refractivity contribution in [3.8, 4) is 0 Å². The highest BCUT2D eigenvalue weighted by Gasteiger charge is 2.02. The van der Waals surface area contributed by atoms with Crippen LogP contribution in [0.3, 0.4) is 0 Å². The molecule has 0 amide bonds. The van der Waals surface area contributed by atoms with E-state index in [9.17, 15) is 0 Å². The van der Waals surface area contributed by atoms with Crippen LogP contribution in [0.4, 0.5) is 11.6 Å². The Morgan fingerprint density at radius 3 is 2.83 bits per heavy atom. The number of aryl methyl sites for hydroxylation is 1. The number of nitrogens with zero attached hydrogens (tertiary/aromatic N) is 2. The quantitative estimate of drug-likeness (QED) is 0.600. The Hall–Kier alpha value is -1.71. The summed E-state index contributed by atoms with van der Waals surface area (Å²) in [5, 5.41) is 0. The molecule has 0 aliphatic rings. The molecule has 0 unspecified atom stereocenters. The Morgan fingerprint density at radius 2 is 2.08 bits per heavy atom. The third-order valence-electron chi connectivity index (χ3n) is 1.96. The van der Waals surface area contributed by atoms with Gasteiger partial charge in [-0.15, -0.1) is 0 Å². The molecule has 0 aromatic carbocycles. The second-order valence-corrected chi connectivity index (χ2v) is 2.77. The maximum Gasteiger partial charge on any atom is 0.124 e. The number of hydrogen-bond donors (Lipinski definition) is 2. The van der Waals surface area contributed by atoms with E-state index in [1.807, 2.05) is 23.7 Å². The molecular weight excluding hydrogens is 152 g/mol. The van der Waals surface area contributed by atoms with Gasteiger partial charge in [-0.2, -0.15) is 0 Å². The van der Waals surface area contributed by atoms with Crippen LogP contribution >= 0.6 is 0 Å². The summed E-state index contributed by atoms with van der Waals surface area (Å²) in [6, 6.07) is 5.49. The first-order valence-electron chi connectivity index (χ1n) is 3.66. The fourth-order valence-electron chi connectivity index (χ4n) is 1.25. The predicted molar refractivity (Wildman–Crippen MR) is 49.5 cm³/mol. The third kappa shape index (κ3) is 0.812. The molecule has 0 saturated heterocycles. The Balaban J connectivity index is 2.87. The van der Waals surface area contributed by atoms with Crippen LogP contribution in [0.15, 0.2) is 18.2 Å². The van der Waals surface area contributed by atoms with E-state index in [2.05, 4.69) is 4.98 Å². The molecule has 0 spiro atoms. The van der Waals surface area contributed by atoms with Gasteiger partial charge >= 0.3 is 0 Å². The Morgan fingerprint density at radius 1 is 1.33 bits per heavy atom. The van der Waals surface area contributed by atoms with E-state index in [1.165, 1.54) is 0 Å². The molecule has 2 rings (SSSR count). The zero-order valence-electron chi connectivity index (χ0n) is 6.78. The molecule has 0 bridgehead atoms. The van der Waals surface area contributed by atoms with Gasteiger partial charge in [-0.25, -0.2) is 4.98 Å². The highest BCUT2D eigenvalue weighted by molar-refractivity contribution is 5.81. The molecule has 0 aliphatic carbocycles. The van der Waals surface area contributed by atoms with Crippen molar-refractivity contribution in [1.82, 2.24) is 9.55 Å². The zero-order chi connectivity index (χ0) is 8.72. The summed E-state index contributed by atoms with van der Waals surface area (Å²) in [6.45, 7) is 0. The van der Waals surface area contributed by atoms with Crippen molar-refractivity contribution in [1.29, 1.82) is 0 Å². The molecule has 0 saturated carbocycles. The van der Waals surface area contributed by atoms with Crippen molar-refractivity contribution >= 4 is 22.7 Å². The minimum Gasteiger partial charge on any atom is -0.385 e. The molecule has 2 aromatic heterocycles. The van der Waals surface area contributed by atoms with E-state index in [0.29, 0.717) is 11.6 Å². The fraction of sp³-hybridized carbons (Fsp3) is 0.125.